The molecule has 0 heterocycles. The third-order valence-corrected chi connectivity index (χ3v) is 8.04. The third kappa shape index (κ3) is 7.81. The van der Waals surface area contributed by atoms with Crippen molar-refractivity contribution in [3.05, 3.63) is 62.5 Å². The zero-order chi connectivity index (χ0) is 25.6. The molecule has 0 unspecified atom stereocenters. The lowest BCUT2D eigenvalue weighted by Gasteiger charge is -2.32. The smallest absolute Gasteiger partial charge is 0.244 e. The molecule has 0 aromatic heterocycles. The molecule has 0 aliphatic carbocycles. The van der Waals surface area contributed by atoms with Crippen molar-refractivity contribution in [1.82, 2.24) is 10.2 Å². The van der Waals surface area contributed by atoms with E-state index in [0.717, 1.165) is 37.1 Å². The minimum Gasteiger partial charge on any atom is -0.352 e. The van der Waals surface area contributed by atoms with Gasteiger partial charge in [0.2, 0.25) is 21.8 Å². The number of carbonyl (C=O) groups excluding carboxylic acids is 2. The van der Waals surface area contributed by atoms with Crippen LogP contribution in [-0.4, -0.2) is 50.0 Å². The first-order chi connectivity index (χ1) is 15.8. The van der Waals surface area contributed by atoms with Crippen LogP contribution in [0.3, 0.4) is 0 Å². The van der Waals surface area contributed by atoms with Crippen LogP contribution in [0.1, 0.15) is 38.3 Å². The summed E-state index contributed by atoms with van der Waals surface area (Å²) < 4.78 is 28.0. The van der Waals surface area contributed by atoms with Gasteiger partial charge in [-0.05, 0) is 68.7 Å². The number of nitrogens with one attached hydrogen (secondary N) is 1. The van der Waals surface area contributed by atoms with Crippen LogP contribution in [0.15, 0.2) is 51.4 Å². The van der Waals surface area contributed by atoms with Crippen molar-refractivity contribution in [1.29, 1.82) is 0 Å². The average molecular weight is 617 g/mol. The van der Waals surface area contributed by atoms with Crippen LogP contribution in [0.2, 0.25) is 0 Å². The Balaban J connectivity index is 2.41. The molecule has 0 radical (unpaired) electrons. The summed E-state index contributed by atoms with van der Waals surface area (Å²) in [4.78, 5) is 27.9. The highest BCUT2D eigenvalue weighted by molar-refractivity contribution is 9.10. The molecular formula is C24H31Br2N3O4S. The Hall–Kier alpha value is -1.91. The van der Waals surface area contributed by atoms with Crippen molar-refractivity contribution in [2.24, 2.45) is 0 Å². The molecule has 10 heteroatoms. The molecule has 0 saturated heterocycles. The molecule has 0 aliphatic rings. The second-order valence-electron chi connectivity index (χ2n) is 8.35. The maximum Gasteiger partial charge on any atom is 0.244 e. The van der Waals surface area contributed by atoms with E-state index in [1.807, 2.05) is 45.0 Å². The number of amides is 2. The van der Waals surface area contributed by atoms with Gasteiger partial charge >= 0.3 is 0 Å². The largest absolute Gasteiger partial charge is 0.352 e. The highest BCUT2D eigenvalue weighted by Crippen LogP contribution is 2.25. The van der Waals surface area contributed by atoms with Gasteiger partial charge in [0.05, 0.1) is 11.9 Å². The van der Waals surface area contributed by atoms with Crippen LogP contribution in [0, 0.1) is 6.92 Å². The average Bonchev–Trinajstić information content (AvgIpc) is 2.76. The monoisotopic (exact) mass is 615 g/mol. The van der Waals surface area contributed by atoms with Gasteiger partial charge in [0.25, 0.3) is 0 Å². The Morgan fingerprint density at radius 3 is 2.32 bits per heavy atom. The highest BCUT2D eigenvalue weighted by atomic mass is 79.9. The maximum absolute atomic E-state index is 13.5. The molecule has 2 aromatic carbocycles. The van der Waals surface area contributed by atoms with E-state index in [0.29, 0.717) is 5.69 Å². The minimum absolute atomic E-state index is 0.0453. The molecular weight excluding hydrogens is 586 g/mol. The van der Waals surface area contributed by atoms with Gasteiger partial charge in [-0.3, -0.25) is 13.9 Å². The molecule has 2 rings (SSSR count). The summed E-state index contributed by atoms with van der Waals surface area (Å²) in [6.45, 7) is 7.09. The number of benzene rings is 2. The molecule has 7 nitrogen and oxygen atoms in total. The number of carbonyl (C=O) groups is 2. The molecule has 0 saturated carbocycles. The second-order valence-corrected chi connectivity index (χ2v) is 12.0. The number of rotatable bonds is 10. The topological polar surface area (TPSA) is 86.8 Å². The Kier molecular flexibility index (Phi) is 10.1. The van der Waals surface area contributed by atoms with Gasteiger partial charge in [0.1, 0.15) is 12.6 Å². The molecule has 186 valence electrons. The van der Waals surface area contributed by atoms with Crippen LogP contribution in [0.4, 0.5) is 5.69 Å². The first kappa shape index (κ1) is 28.3. The van der Waals surface area contributed by atoms with Crippen LogP contribution in [-0.2, 0) is 26.2 Å². The van der Waals surface area contributed by atoms with Crippen LogP contribution in [0.5, 0.6) is 0 Å². The number of hydrogen-bond acceptors (Lipinski definition) is 4. The molecule has 34 heavy (non-hydrogen) atoms. The Bertz CT molecular complexity index is 1140. The third-order valence-electron chi connectivity index (χ3n) is 5.52. The maximum atomic E-state index is 13.5. The van der Waals surface area contributed by atoms with Gasteiger partial charge < -0.3 is 10.2 Å². The minimum atomic E-state index is -3.76. The molecule has 0 spiro atoms. The van der Waals surface area contributed by atoms with E-state index in [-0.39, 0.29) is 18.5 Å². The van der Waals surface area contributed by atoms with Crippen molar-refractivity contribution >= 4 is 59.4 Å². The number of halogens is 2. The summed E-state index contributed by atoms with van der Waals surface area (Å²) in [6, 6.07) is 11.7. The summed E-state index contributed by atoms with van der Waals surface area (Å²) in [5.41, 5.74) is 2.04. The van der Waals surface area contributed by atoms with E-state index in [1.54, 1.807) is 25.1 Å². The van der Waals surface area contributed by atoms with E-state index in [4.69, 9.17) is 0 Å². The molecule has 2 amide bonds. The quantitative estimate of drug-likeness (QED) is 0.422. The fraction of sp³-hybridized carbons (Fsp3) is 0.417. The predicted molar refractivity (Wildman–Crippen MR) is 143 cm³/mol. The Morgan fingerprint density at radius 2 is 1.76 bits per heavy atom. The molecule has 1 N–H and O–H groups in total. The zero-order valence-corrected chi connectivity index (χ0v) is 24.0. The van der Waals surface area contributed by atoms with E-state index in [1.165, 1.54) is 4.90 Å². The summed E-state index contributed by atoms with van der Waals surface area (Å²) in [6.07, 6.45) is 1.82. The molecule has 2 atom stereocenters. The van der Waals surface area contributed by atoms with Crippen molar-refractivity contribution < 1.29 is 18.0 Å². The van der Waals surface area contributed by atoms with Gasteiger partial charge in [-0.15, -0.1) is 0 Å². The van der Waals surface area contributed by atoms with Crippen molar-refractivity contribution in [2.75, 3.05) is 17.1 Å². The normalized spacial score (nSPS) is 13.1. The van der Waals surface area contributed by atoms with Crippen LogP contribution < -0.4 is 9.62 Å². The molecule has 2 aromatic rings. The summed E-state index contributed by atoms with van der Waals surface area (Å²) in [5, 5.41) is 2.91. The number of nitrogens with zero attached hydrogens (tertiary/aromatic N) is 2. The number of anilines is 1. The van der Waals surface area contributed by atoms with E-state index < -0.39 is 28.5 Å². The predicted octanol–water partition coefficient (Wildman–Crippen LogP) is 4.62. The fourth-order valence-electron chi connectivity index (χ4n) is 3.28. The fourth-order valence-corrected chi connectivity index (χ4v) is 4.81. The molecule has 0 aliphatic heterocycles. The van der Waals surface area contributed by atoms with E-state index >= 15 is 0 Å². The first-order valence-corrected chi connectivity index (χ1v) is 14.3. The van der Waals surface area contributed by atoms with Gasteiger partial charge in [0, 0.05) is 21.5 Å². The Morgan fingerprint density at radius 1 is 1.09 bits per heavy atom. The summed E-state index contributed by atoms with van der Waals surface area (Å²) in [5.74, 6) is -0.763. The van der Waals surface area contributed by atoms with Crippen LogP contribution >= 0.6 is 31.9 Å². The number of aryl methyl sites for hydroxylation is 1. The number of hydrogen-bond donors (Lipinski definition) is 1. The first-order valence-electron chi connectivity index (χ1n) is 10.9. The zero-order valence-electron chi connectivity index (χ0n) is 20.0. The summed E-state index contributed by atoms with van der Waals surface area (Å²) in [7, 11) is -3.76. The van der Waals surface area contributed by atoms with Crippen molar-refractivity contribution in [3.8, 4) is 0 Å². The van der Waals surface area contributed by atoms with Crippen molar-refractivity contribution in [3.63, 3.8) is 0 Å². The highest BCUT2D eigenvalue weighted by Gasteiger charge is 2.30. The number of sulfonamides is 1. The van der Waals surface area contributed by atoms with Crippen molar-refractivity contribution in [2.45, 2.75) is 52.7 Å². The lowest BCUT2D eigenvalue weighted by molar-refractivity contribution is -0.139. The van der Waals surface area contributed by atoms with E-state index in [2.05, 4.69) is 37.2 Å². The lowest BCUT2D eigenvalue weighted by atomic mass is 10.1. The van der Waals surface area contributed by atoms with Gasteiger partial charge in [-0.2, -0.15) is 0 Å². The van der Waals surface area contributed by atoms with Gasteiger partial charge in [-0.25, -0.2) is 8.42 Å². The standard InChI is InChI=1S/C24H31Br2N3O4S/c1-6-17(3)27-24(31)18(4)28(14-19-8-7-9-20(25)13-19)23(30)15-29(34(5,32)33)21-10-11-22(26)16(2)12-21/h7-13,17-18H,6,14-15H2,1-5H3,(H,27,31)/t17-,18-/m0/s1. The Labute approximate surface area is 219 Å². The molecule has 0 bridgehead atoms. The molecule has 0 fully saturated rings. The lowest BCUT2D eigenvalue weighted by Crippen LogP contribution is -2.52. The van der Waals surface area contributed by atoms with Gasteiger partial charge in [0.15, 0.2) is 0 Å². The SMILES string of the molecule is CC[C@H](C)NC(=O)[C@H](C)N(Cc1cccc(Br)c1)C(=O)CN(c1ccc(Br)c(C)c1)S(C)(=O)=O. The van der Waals surface area contributed by atoms with E-state index in [9.17, 15) is 18.0 Å². The van der Waals surface area contributed by atoms with Gasteiger partial charge in [-0.1, -0.05) is 50.9 Å². The van der Waals surface area contributed by atoms with Crippen LogP contribution in [0.25, 0.3) is 0 Å². The summed E-state index contributed by atoms with van der Waals surface area (Å²) >= 11 is 6.85. The second kappa shape index (κ2) is 12.2.